The zero-order valence-corrected chi connectivity index (χ0v) is 11.5. The lowest BCUT2D eigenvalue weighted by molar-refractivity contribution is 0.408. The van der Waals surface area contributed by atoms with Crippen LogP contribution in [0, 0.1) is 11.3 Å². The molecule has 0 saturated heterocycles. The van der Waals surface area contributed by atoms with Gasteiger partial charge in [-0.2, -0.15) is 5.26 Å². The van der Waals surface area contributed by atoms with Crippen LogP contribution >= 0.6 is 0 Å². The third kappa shape index (κ3) is 2.49. The van der Waals surface area contributed by atoms with Crippen molar-refractivity contribution >= 4 is 11.5 Å². The number of aromatic nitrogens is 1. The first kappa shape index (κ1) is 12.9. The predicted molar refractivity (Wildman–Crippen MR) is 81.6 cm³/mol. The molecule has 4 heteroatoms. The van der Waals surface area contributed by atoms with E-state index in [0.717, 1.165) is 22.5 Å². The number of nitrogens with zero attached hydrogens (tertiary/aromatic N) is 2. The highest BCUT2D eigenvalue weighted by Crippen LogP contribution is 2.29. The summed E-state index contributed by atoms with van der Waals surface area (Å²) in [6.45, 7) is 0. The van der Waals surface area contributed by atoms with E-state index in [1.165, 1.54) is 0 Å². The number of H-pyrrole nitrogens is 1. The summed E-state index contributed by atoms with van der Waals surface area (Å²) in [6, 6.07) is 13.5. The minimum Gasteiger partial charge on any atom is -0.481 e. The Hall–Kier alpha value is -3.06. The molecule has 0 aliphatic carbocycles. The van der Waals surface area contributed by atoms with E-state index >= 15 is 0 Å². The number of hydrogen-bond donors (Lipinski definition) is 1. The Morgan fingerprint density at radius 2 is 2.00 bits per heavy atom. The Bertz CT molecular complexity index is 772. The molecule has 1 N–H and O–H groups in total. The lowest BCUT2D eigenvalue weighted by Crippen LogP contribution is -1.94. The summed E-state index contributed by atoms with van der Waals surface area (Å²) in [7, 11) is 1.60. The molecule has 2 aromatic rings. The Labute approximate surface area is 122 Å². The summed E-state index contributed by atoms with van der Waals surface area (Å²) in [5.74, 6) is 0.586. The van der Waals surface area contributed by atoms with Crippen LogP contribution in [0.1, 0.15) is 16.8 Å². The molecule has 1 aromatic carbocycles. The van der Waals surface area contributed by atoms with E-state index in [0.29, 0.717) is 11.5 Å². The molecule has 1 aliphatic heterocycles. The Kier molecular flexibility index (Phi) is 3.40. The first-order valence-electron chi connectivity index (χ1n) is 6.51. The second kappa shape index (κ2) is 5.51. The van der Waals surface area contributed by atoms with Crippen molar-refractivity contribution < 1.29 is 4.74 Å². The Morgan fingerprint density at radius 1 is 1.19 bits per heavy atom. The van der Waals surface area contributed by atoms with Crippen molar-refractivity contribution in [2.24, 2.45) is 4.99 Å². The van der Waals surface area contributed by atoms with E-state index in [4.69, 9.17) is 10.00 Å². The van der Waals surface area contributed by atoms with Crippen molar-refractivity contribution in [1.82, 2.24) is 4.98 Å². The molecule has 4 nitrogen and oxygen atoms in total. The second-order valence-corrected chi connectivity index (χ2v) is 4.52. The number of ether oxygens (including phenoxy) is 1. The number of methoxy groups -OCH3 is 1. The zero-order chi connectivity index (χ0) is 14.7. The van der Waals surface area contributed by atoms with E-state index < -0.39 is 0 Å². The van der Waals surface area contributed by atoms with E-state index in [1.54, 1.807) is 19.2 Å². The molecule has 0 radical (unpaired) electrons. The van der Waals surface area contributed by atoms with Crippen LogP contribution in [0.15, 0.2) is 65.4 Å². The summed E-state index contributed by atoms with van der Waals surface area (Å²) in [6.07, 6.45) is 5.63. The van der Waals surface area contributed by atoms with Crippen molar-refractivity contribution in [2.75, 3.05) is 7.11 Å². The van der Waals surface area contributed by atoms with Crippen LogP contribution < -0.4 is 0 Å². The molecule has 1 aromatic heterocycles. The van der Waals surface area contributed by atoms with Gasteiger partial charge in [0.15, 0.2) is 0 Å². The molecule has 0 bridgehead atoms. The molecule has 21 heavy (non-hydrogen) atoms. The van der Waals surface area contributed by atoms with Crippen LogP contribution in [0.2, 0.25) is 0 Å². The standard InChI is InChI=1S/C17H13N3O/c1-21-16-9-8-15(20-16)17(14-3-2-10-19-14)13-6-4-12(11-18)5-7-13/h2-10,19H,1H3/b17-15-. The van der Waals surface area contributed by atoms with E-state index in [-0.39, 0.29) is 0 Å². The normalized spacial score (nSPS) is 15.5. The minimum absolute atomic E-state index is 0.586. The van der Waals surface area contributed by atoms with Crippen LogP contribution in [0.3, 0.4) is 0 Å². The number of rotatable bonds is 2. The van der Waals surface area contributed by atoms with Crippen LogP contribution in [0.25, 0.3) is 5.57 Å². The maximum absolute atomic E-state index is 8.91. The van der Waals surface area contributed by atoms with Crippen molar-refractivity contribution in [3.05, 3.63) is 77.3 Å². The fourth-order valence-electron chi connectivity index (χ4n) is 2.24. The largest absolute Gasteiger partial charge is 0.481 e. The number of aliphatic imine (C=N–C) groups is 1. The van der Waals surface area contributed by atoms with Crippen LogP contribution in [-0.2, 0) is 4.74 Å². The van der Waals surface area contributed by atoms with Crippen molar-refractivity contribution in [1.29, 1.82) is 5.26 Å². The molecule has 0 saturated carbocycles. The smallest absolute Gasteiger partial charge is 0.213 e. The van der Waals surface area contributed by atoms with Gasteiger partial charge in [-0.3, -0.25) is 0 Å². The number of hydrogen-bond acceptors (Lipinski definition) is 3. The fourth-order valence-corrected chi connectivity index (χ4v) is 2.24. The van der Waals surface area contributed by atoms with Gasteiger partial charge in [0.25, 0.3) is 0 Å². The molecule has 102 valence electrons. The van der Waals surface area contributed by atoms with Crippen molar-refractivity contribution in [3.63, 3.8) is 0 Å². The van der Waals surface area contributed by atoms with Gasteiger partial charge in [0.1, 0.15) is 0 Å². The van der Waals surface area contributed by atoms with Gasteiger partial charge < -0.3 is 9.72 Å². The molecule has 0 spiro atoms. The molecule has 0 amide bonds. The Balaban J connectivity index is 2.15. The molecule has 3 rings (SSSR count). The van der Waals surface area contributed by atoms with Crippen LogP contribution in [0.5, 0.6) is 0 Å². The zero-order valence-electron chi connectivity index (χ0n) is 11.5. The highest BCUT2D eigenvalue weighted by molar-refractivity contribution is 5.95. The molecule has 0 fully saturated rings. The van der Waals surface area contributed by atoms with E-state index in [1.807, 2.05) is 42.6 Å². The third-order valence-electron chi connectivity index (χ3n) is 3.25. The summed E-state index contributed by atoms with van der Waals surface area (Å²) in [4.78, 5) is 7.67. The monoisotopic (exact) mass is 275 g/mol. The van der Waals surface area contributed by atoms with Gasteiger partial charge in [-0.1, -0.05) is 12.1 Å². The highest BCUT2D eigenvalue weighted by atomic mass is 16.5. The average Bonchev–Trinajstić information content (AvgIpc) is 3.20. The SMILES string of the molecule is COC1=N/C(=C(/c2ccc(C#N)cc2)c2ccc[nH]2)C=C1. The predicted octanol–water partition coefficient (Wildman–Crippen LogP) is 3.26. The minimum atomic E-state index is 0.586. The number of nitriles is 1. The number of allylic oxidation sites excluding steroid dienone is 1. The lowest BCUT2D eigenvalue weighted by atomic mass is 9.99. The summed E-state index contributed by atoms with van der Waals surface area (Å²) in [5, 5.41) is 8.91. The van der Waals surface area contributed by atoms with Gasteiger partial charge in [0.2, 0.25) is 5.90 Å². The number of benzene rings is 1. The summed E-state index contributed by atoms with van der Waals surface area (Å²) in [5.41, 5.74) is 4.42. The van der Waals surface area contributed by atoms with E-state index in [9.17, 15) is 0 Å². The van der Waals surface area contributed by atoms with Crippen molar-refractivity contribution in [3.8, 4) is 6.07 Å². The van der Waals surface area contributed by atoms with Gasteiger partial charge in [0, 0.05) is 23.5 Å². The summed E-state index contributed by atoms with van der Waals surface area (Å²) < 4.78 is 5.16. The number of aromatic amines is 1. The lowest BCUT2D eigenvalue weighted by Gasteiger charge is -2.08. The molecule has 1 aliphatic rings. The van der Waals surface area contributed by atoms with E-state index in [2.05, 4.69) is 16.0 Å². The molecular formula is C17H13N3O. The fraction of sp³-hybridized carbons (Fsp3) is 0.0588. The first-order valence-corrected chi connectivity index (χ1v) is 6.51. The molecule has 0 unspecified atom stereocenters. The maximum Gasteiger partial charge on any atom is 0.213 e. The van der Waals surface area contributed by atoms with Gasteiger partial charge in [0.05, 0.1) is 24.4 Å². The van der Waals surface area contributed by atoms with Crippen molar-refractivity contribution in [2.45, 2.75) is 0 Å². The van der Waals surface area contributed by atoms with Gasteiger partial charge in [-0.05, 0) is 35.9 Å². The van der Waals surface area contributed by atoms with Crippen LogP contribution in [-0.4, -0.2) is 18.0 Å². The second-order valence-electron chi connectivity index (χ2n) is 4.52. The molecular weight excluding hydrogens is 262 g/mol. The van der Waals surface area contributed by atoms with Gasteiger partial charge in [-0.25, -0.2) is 4.99 Å². The maximum atomic E-state index is 8.91. The molecule has 2 heterocycles. The van der Waals surface area contributed by atoms with Gasteiger partial charge in [-0.15, -0.1) is 0 Å². The van der Waals surface area contributed by atoms with Gasteiger partial charge >= 0.3 is 0 Å². The highest BCUT2D eigenvalue weighted by Gasteiger charge is 2.15. The average molecular weight is 275 g/mol. The first-order chi connectivity index (χ1) is 10.3. The topological polar surface area (TPSA) is 61.2 Å². The third-order valence-corrected chi connectivity index (χ3v) is 3.25. The quantitative estimate of drug-likeness (QED) is 0.914. The van der Waals surface area contributed by atoms with Crippen LogP contribution in [0.4, 0.5) is 0 Å². The number of nitrogens with one attached hydrogen (secondary N) is 1. The Morgan fingerprint density at radius 3 is 2.57 bits per heavy atom. The molecule has 0 atom stereocenters. The summed E-state index contributed by atoms with van der Waals surface area (Å²) >= 11 is 0.